The number of pyridine rings is 1. The summed E-state index contributed by atoms with van der Waals surface area (Å²) in [5.74, 6) is 2.31. The minimum Gasteiger partial charge on any atom is -0.481 e. The van der Waals surface area contributed by atoms with Crippen molar-refractivity contribution in [3.8, 4) is 5.88 Å². The summed E-state index contributed by atoms with van der Waals surface area (Å²) in [5, 5.41) is 6.47. The fourth-order valence-corrected chi connectivity index (χ4v) is 1.80. The standard InChI is InChI=1S/C15H20N4O2/c1-16-15(17-8-7-13-4-3-9-21-13)19-11-12-5-6-14(20-2)18-10-12/h3-6,9-10H,7-8,11H2,1-2H3,(H2,16,17,19). The predicted molar refractivity (Wildman–Crippen MR) is 81.4 cm³/mol. The topological polar surface area (TPSA) is 71.7 Å². The molecule has 0 radical (unpaired) electrons. The summed E-state index contributed by atoms with van der Waals surface area (Å²) in [7, 11) is 3.35. The van der Waals surface area contributed by atoms with Crippen molar-refractivity contribution in [2.75, 3.05) is 20.7 Å². The lowest BCUT2D eigenvalue weighted by atomic mass is 10.3. The Labute approximate surface area is 124 Å². The Hall–Kier alpha value is -2.50. The maximum atomic E-state index is 5.28. The van der Waals surface area contributed by atoms with Crippen molar-refractivity contribution >= 4 is 5.96 Å². The van der Waals surface area contributed by atoms with Gasteiger partial charge in [0.05, 0.1) is 13.4 Å². The van der Waals surface area contributed by atoms with Crippen molar-refractivity contribution in [2.45, 2.75) is 13.0 Å². The van der Waals surface area contributed by atoms with E-state index in [0.717, 1.165) is 30.2 Å². The monoisotopic (exact) mass is 288 g/mol. The molecule has 0 aliphatic heterocycles. The molecular weight excluding hydrogens is 268 g/mol. The number of hydrogen-bond acceptors (Lipinski definition) is 4. The van der Waals surface area contributed by atoms with Crippen molar-refractivity contribution in [1.82, 2.24) is 15.6 Å². The molecular formula is C15H20N4O2. The molecule has 0 atom stereocenters. The molecule has 0 spiro atoms. The third-order valence-electron chi connectivity index (χ3n) is 2.93. The molecule has 0 aromatic carbocycles. The Kier molecular flexibility index (Phi) is 5.63. The van der Waals surface area contributed by atoms with Gasteiger partial charge in [-0.3, -0.25) is 4.99 Å². The number of guanidine groups is 1. The highest BCUT2D eigenvalue weighted by atomic mass is 16.5. The minimum absolute atomic E-state index is 0.611. The number of ether oxygens (including phenoxy) is 1. The third kappa shape index (κ3) is 4.83. The molecule has 0 aliphatic rings. The highest BCUT2D eigenvalue weighted by Gasteiger charge is 2.00. The molecule has 2 heterocycles. The number of nitrogens with zero attached hydrogens (tertiary/aromatic N) is 2. The summed E-state index contributed by atoms with van der Waals surface area (Å²) >= 11 is 0. The first kappa shape index (κ1) is 14.9. The summed E-state index contributed by atoms with van der Waals surface area (Å²) in [4.78, 5) is 8.34. The molecule has 6 heteroatoms. The average Bonchev–Trinajstić information content (AvgIpc) is 3.04. The first-order valence-corrected chi connectivity index (χ1v) is 6.77. The lowest BCUT2D eigenvalue weighted by Gasteiger charge is -2.11. The Balaban J connectivity index is 1.74. The lowest BCUT2D eigenvalue weighted by molar-refractivity contribution is 0.397. The Morgan fingerprint density at radius 1 is 1.33 bits per heavy atom. The molecule has 0 fully saturated rings. The molecule has 0 saturated heterocycles. The lowest BCUT2D eigenvalue weighted by Crippen LogP contribution is -2.37. The van der Waals surface area contributed by atoms with E-state index >= 15 is 0 Å². The van der Waals surface area contributed by atoms with Gasteiger partial charge in [0.25, 0.3) is 0 Å². The van der Waals surface area contributed by atoms with Gasteiger partial charge in [-0.2, -0.15) is 0 Å². The molecule has 112 valence electrons. The van der Waals surface area contributed by atoms with Gasteiger partial charge in [-0.05, 0) is 17.7 Å². The molecule has 6 nitrogen and oxygen atoms in total. The smallest absolute Gasteiger partial charge is 0.212 e. The zero-order chi connectivity index (χ0) is 14.9. The van der Waals surface area contributed by atoms with Crippen molar-refractivity contribution in [3.05, 3.63) is 48.0 Å². The minimum atomic E-state index is 0.611. The van der Waals surface area contributed by atoms with E-state index in [4.69, 9.17) is 9.15 Å². The third-order valence-corrected chi connectivity index (χ3v) is 2.93. The summed E-state index contributed by atoms with van der Waals surface area (Å²) in [6.45, 7) is 1.41. The molecule has 0 saturated carbocycles. The van der Waals surface area contributed by atoms with Gasteiger partial charge in [0, 0.05) is 38.8 Å². The number of aromatic nitrogens is 1. The van der Waals surface area contributed by atoms with Crippen LogP contribution in [0.2, 0.25) is 0 Å². The number of furan rings is 1. The van der Waals surface area contributed by atoms with Gasteiger partial charge in [0.1, 0.15) is 5.76 Å². The largest absolute Gasteiger partial charge is 0.481 e. The van der Waals surface area contributed by atoms with E-state index in [1.165, 1.54) is 0 Å². The van der Waals surface area contributed by atoms with Crippen LogP contribution in [0, 0.1) is 0 Å². The van der Waals surface area contributed by atoms with Crippen LogP contribution in [0.4, 0.5) is 0 Å². The van der Waals surface area contributed by atoms with Crippen LogP contribution in [-0.2, 0) is 13.0 Å². The maximum Gasteiger partial charge on any atom is 0.212 e. The van der Waals surface area contributed by atoms with E-state index in [1.54, 1.807) is 26.6 Å². The van der Waals surface area contributed by atoms with E-state index in [9.17, 15) is 0 Å². The number of aliphatic imine (C=N–C) groups is 1. The first-order valence-electron chi connectivity index (χ1n) is 6.77. The fraction of sp³-hybridized carbons (Fsp3) is 0.333. The molecule has 0 bridgehead atoms. The summed E-state index contributed by atoms with van der Waals surface area (Å²) < 4.78 is 10.3. The number of hydrogen-bond donors (Lipinski definition) is 2. The predicted octanol–water partition coefficient (Wildman–Crippen LogP) is 1.59. The summed E-state index contributed by atoms with van der Waals surface area (Å²) in [5.41, 5.74) is 1.06. The van der Waals surface area contributed by atoms with Crippen LogP contribution in [0.1, 0.15) is 11.3 Å². The normalized spacial score (nSPS) is 11.2. The molecule has 2 N–H and O–H groups in total. The Morgan fingerprint density at radius 3 is 2.86 bits per heavy atom. The first-order chi connectivity index (χ1) is 10.3. The molecule has 21 heavy (non-hydrogen) atoms. The fourth-order valence-electron chi connectivity index (χ4n) is 1.80. The molecule has 0 amide bonds. The van der Waals surface area contributed by atoms with E-state index < -0.39 is 0 Å². The van der Waals surface area contributed by atoms with E-state index in [-0.39, 0.29) is 0 Å². The summed E-state index contributed by atoms with van der Waals surface area (Å²) in [6.07, 6.45) is 4.28. The highest BCUT2D eigenvalue weighted by molar-refractivity contribution is 5.79. The number of rotatable bonds is 6. The van der Waals surface area contributed by atoms with Crippen LogP contribution in [0.3, 0.4) is 0 Å². The van der Waals surface area contributed by atoms with Gasteiger partial charge < -0.3 is 19.8 Å². The Bertz CT molecular complexity index is 550. The van der Waals surface area contributed by atoms with Crippen LogP contribution in [0.15, 0.2) is 46.1 Å². The van der Waals surface area contributed by atoms with Gasteiger partial charge in [-0.15, -0.1) is 0 Å². The SMILES string of the molecule is CN=C(NCCc1ccco1)NCc1ccc(OC)nc1. The molecule has 0 aliphatic carbocycles. The molecule has 2 aromatic rings. The highest BCUT2D eigenvalue weighted by Crippen LogP contribution is 2.06. The van der Waals surface area contributed by atoms with E-state index in [2.05, 4.69) is 20.6 Å². The van der Waals surface area contributed by atoms with Crippen LogP contribution < -0.4 is 15.4 Å². The van der Waals surface area contributed by atoms with Gasteiger partial charge >= 0.3 is 0 Å². The molecule has 2 rings (SSSR count). The van der Waals surface area contributed by atoms with Gasteiger partial charge in [-0.1, -0.05) is 6.07 Å². The second-order valence-electron chi connectivity index (χ2n) is 4.39. The van der Waals surface area contributed by atoms with Crippen LogP contribution in [0.25, 0.3) is 0 Å². The zero-order valence-corrected chi connectivity index (χ0v) is 12.3. The van der Waals surface area contributed by atoms with Gasteiger partial charge in [0.2, 0.25) is 5.88 Å². The van der Waals surface area contributed by atoms with Crippen LogP contribution >= 0.6 is 0 Å². The Morgan fingerprint density at radius 2 is 2.24 bits per heavy atom. The number of methoxy groups -OCH3 is 1. The van der Waals surface area contributed by atoms with Crippen LogP contribution in [0.5, 0.6) is 5.88 Å². The average molecular weight is 288 g/mol. The van der Waals surface area contributed by atoms with Gasteiger partial charge in [-0.25, -0.2) is 4.98 Å². The van der Waals surface area contributed by atoms with E-state index in [1.807, 2.05) is 24.3 Å². The number of nitrogens with one attached hydrogen (secondary N) is 2. The summed E-state index contributed by atoms with van der Waals surface area (Å²) in [6, 6.07) is 7.65. The zero-order valence-electron chi connectivity index (χ0n) is 12.3. The van der Waals surface area contributed by atoms with Crippen molar-refractivity contribution in [1.29, 1.82) is 0 Å². The quantitative estimate of drug-likeness (QED) is 0.624. The van der Waals surface area contributed by atoms with Crippen LogP contribution in [-0.4, -0.2) is 31.6 Å². The van der Waals surface area contributed by atoms with Crippen molar-refractivity contribution in [2.24, 2.45) is 4.99 Å². The van der Waals surface area contributed by atoms with Crippen molar-refractivity contribution in [3.63, 3.8) is 0 Å². The second kappa shape index (κ2) is 7.94. The molecule has 2 aromatic heterocycles. The van der Waals surface area contributed by atoms with Gasteiger partial charge in [0.15, 0.2) is 5.96 Å². The van der Waals surface area contributed by atoms with Crippen molar-refractivity contribution < 1.29 is 9.15 Å². The maximum absolute atomic E-state index is 5.28. The molecule has 0 unspecified atom stereocenters. The van der Waals surface area contributed by atoms with E-state index in [0.29, 0.717) is 12.4 Å². The second-order valence-corrected chi connectivity index (χ2v) is 4.39.